The van der Waals surface area contributed by atoms with E-state index in [1.807, 2.05) is 24.3 Å². The van der Waals surface area contributed by atoms with Gasteiger partial charge in [-0.05, 0) is 61.2 Å². The Balaban J connectivity index is 1.49. The SMILES string of the molecule is O=C1CCCN1c1ccc(CNC(=O)C2(S(=O)(=O)c3ccc(Cl)cc3)CCCC2)cc1. The summed E-state index contributed by atoms with van der Waals surface area (Å²) < 4.78 is 25.3. The zero-order valence-electron chi connectivity index (χ0n) is 17.1. The van der Waals surface area contributed by atoms with Crippen LogP contribution < -0.4 is 10.2 Å². The van der Waals surface area contributed by atoms with E-state index >= 15 is 0 Å². The lowest BCUT2D eigenvalue weighted by Crippen LogP contribution is -2.50. The van der Waals surface area contributed by atoms with Crippen molar-refractivity contribution in [3.05, 3.63) is 59.1 Å². The van der Waals surface area contributed by atoms with Gasteiger partial charge in [0.2, 0.25) is 11.8 Å². The fourth-order valence-corrected chi connectivity index (χ4v) is 6.68. The van der Waals surface area contributed by atoms with Gasteiger partial charge < -0.3 is 10.2 Å². The standard InChI is InChI=1S/C23H25ClN2O4S/c24-18-7-11-20(12-8-18)31(29,30)23(13-1-2-14-23)22(28)25-16-17-5-9-19(10-6-17)26-15-3-4-21(26)27/h5-12H,1-4,13-16H2,(H,25,28). The monoisotopic (exact) mass is 460 g/mol. The third-order valence-electron chi connectivity index (χ3n) is 6.24. The molecule has 0 aromatic heterocycles. The number of anilines is 1. The second kappa shape index (κ2) is 8.63. The van der Waals surface area contributed by atoms with Gasteiger partial charge in [0.25, 0.3) is 0 Å². The number of halogens is 1. The maximum absolute atomic E-state index is 13.4. The Hall–Kier alpha value is -2.38. The van der Waals surface area contributed by atoms with Crippen LogP contribution in [-0.2, 0) is 26.0 Å². The number of hydrogen-bond acceptors (Lipinski definition) is 4. The Morgan fingerprint density at radius 1 is 1.00 bits per heavy atom. The van der Waals surface area contributed by atoms with Crippen molar-refractivity contribution >= 4 is 38.9 Å². The van der Waals surface area contributed by atoms with Crippen molar-refractivity contribution in [1.29, 1.82) is 0 Å². The van der Waals surface area contributed by atoms with E-state index < -0.39 is 20.5 Å². The molecule has 1 heterocycles. The van der Waals surface area contributed by atoms with Crippen molar-refractivity contribution < 1.29 is 18.0 Å². The van der Waals surface area contributed by atoms with Crippen LogP contribution in [0.4, 0.5) is 5.69 Å². The van der Waals surface area contributed by atoms with Crippen molar-refractivity contribution in [3.63, 3.8) is 0 Å². The lowest BCUT2D eigenvalue weighted by molar-refractivity contribution is -0.123. The fourth-order valence-electron chi connectivity index (χ4n) is 4.46. The smallest absolute Gasteiger partial charge is 0.242 e. The van der Waals surface area contributed by atoms with Crippen molar-refractivity contribution in [2.75, 3.05) is 11.4 Å². The van der Waals surface area contributed by atoms with Gasteiger partial charge in [0.15, 0.2) is 14.6 Å². The minimum absolute atomic E-state index is 0.119. The Bertz CT molecular complexity index is 1080. The van der Waals surface area contributed by atoms with Gasteiger partial charge in [0.05, 0.1) is 4.90 Å². The molecule has 1 aliphatic carbocycles. The van der Waals surface area contributed by atoms with Crippen LogP contribution in [0.1, 0.15) is 44.1 Å². The first-order valence-corrected chi connectivity index (χ1v) is 12.4. The summed E-state index contributed by atoms with van der Waals surface area (Å²) in [6, 6.07) is 13.4. The summed E-state index contributed by atoms with van der Waals surface area (Å²) in [5, 5.41) is 3.29. The average molecular weight is 461 g/mol. The average Bonchev–Trinajstić information content (AvgIpc) is 3.43. The van der Waals surface area contributed by atoms with Crippen LogP contribution in [0.5, 0.6) is 0 Å². The van der Waals surface area contributed by atoms with Crippen LogP contribution in [0.25, 0.3) is 0 Å². The van der Waals surface area contributed by atoms with Gasteiger partial charge in [0.1, 0.15) is 0 Å². The summed E-state index contributed by atoms with van der Waals surface area (Å²) in [6.45, 7) is 0.949. The van der Waals surface area contributed by atoms with Crippen LogP contribution >= 0.6 is 11.6 Å². The molecule has 1 N–H and O–H groups in total. The molecule has 1 saturated carbocycles. The molecule has 0 radical (unpaired) electrons. The number of rotatable bonds is 6. The van der Waals surface area contributed by atoms with Gasteiger partial charge in [-0.1, -0.05) is 36.6 Å². The first-order chi connectivity index (χ1) is 14.8. The largest absolute Gasteiger partial charge is 0.351 e. The Labute approximate surface area is 187 Å². The molecule has 0 bridgehead atoms. The zero-order chi connectivity index (χ0) is 22.1. The first-order valence-electron chi connectivity index (χ1n) is 10.5. The zero-order valence-corrected chi connectivity index (χ0v) is 18.7. The number of sulfone groups is 1. The third kappa shape index (κ3) is 4.08. The quantitative estimate of drug-likeness (QED) is 0.709. The molecule has 2 aromatic rings. The Morgan fingerprint density at radius 3 is 2.23 bits per heavy atom. The van der Waals surface area contributed by atoms with Gasteiger partial charge >= 0.3 is 0 Å². The summed E-state index contributed by atoms with van der Waals surface area (Å²) >= 11 is 5.90. The molecule has 6 nitrogen and oxygen atoms in total. The molecule has 0 unspecified atom stereocenters. The van der Waals surface area contributed by atoms with Gasteiger partial charge in [-0.15, -0.1) is 0 Å². The number of hydrogen-bond donors (Lipinski definition) is 1. The Morgan fingerprint density at radius 2 is 1.65 bits per heavy atom. The lowest BCUT2D eigenvalue weighted by atomic mass is 10.1. The summed E-state index contributed by atoms with van der Waals surface area (Å²) in [7, 11) is -3.86. The summed E-state index contributed by atoms with van der Waals surface area (Å²) in [5.41, 5.74) is 1.69. The molecule has 2 aliphatic rings. The van der Waals surface area contributed by atoms with Gasteiger partial charge in [-0.25, -0.2) is 8.42 Å². The molecule has 0 atom stereocenters. The molecule has 2 amide bonds. The maximum atomic E-state index is 13.4. The number of nitrogens with one attached hydrogen (secondary N) is 1. The first kappa shape index (κ1) is 21.8. The van der Waals surface area contributed by atoms with Crippen molar-refractivity contribution in [1.82, 2.24) is 5.32 Å². The number of carbonyl (C=O) groups is 2. The number of carbonyl (C=O) groups excluding carboxylic acids is 2. The van der Waals surface area contributed by atoms with Gasteiger partial charge in [-0.3, -0.25) is 9.59 Å². The molecule has 2 fully saturated rings. The van der Waals surface area contributed by atoms with Crippen LogP contribution in [-0.4, -0.2) is 31.5 Å². The van der Waals surface area contributed by atoms with E-state index in [2.05, 4.69) is 5.32 Å². The highest BCUT2D eigenvalue weighted by molar-refractivity contribution is 7.93. The van der Waals surface area contributed by atoms with Crippen LogP contribution in [0.3, 0.4) is 0 Å². The molecule has 0 spiro atoms. The number of amides is 2. The van der Waals surface area contributed by atoms with Crippen LogP contribution in [0.2, 0.25) is 5.02 Å². The highest BCUT2D eigenvalue weighted by Gasteiger charge is 2.52. The van der Waals surface area contributed by atoms with Gasteiger partial charge in [0, 0.05) is 30.2 Å². The van der Waals surface area contributed by atoms with Crippen LogP contribution in [0, 0.1) is 0 Å². The normalized spacial score (nSPS) is 18.4. The summed E-state index contributed by atoms with van der Waals surface area (Å²) in [5.74, 6) is -0.338. The molecule has 8 heteroatoms. The predicted molar refractivity (Wildman–Crippen MR) is 120 cm³/mol. The highest BCUT2D eigenvalue weighted by atomic mass is 35.5. The second-order valence-electron chi connectivity index (χ2n) is 8.16. The molecule has 4 rings (SSSR count). The van der Waals surface area contributed by atoms with E-state index in [9.17, 15) is 18.0 Å². The lowest BCUT2D eigenvalue weighted by Gasteiger charge is -2.27. The molecule has 1 saturated heterocycles. The third-order valence-corrected chi connectivity index (χ3v) is 9.01. The number of nitrogens with zero attached hydrogens (tertiary/aromatic N) is 1. The molecule has 2 aromatic carbocycles. The van der Waals surface area contributed by atoms with E-state index in [1.54, 1.807) is 4.90 Å². The summed E-state index contributed by atoms with van der Waals surface area (Å²) in [4.78, 5) is 26.9. The summed E-state index contributed by atoms with van der Waals surface area (Å²) in [6.07, 6.45) is 3.43. The van der Waals surface area contributed by atoms with E-state index in [4.69, 9.17) is 11.6 Å². The van der Waals surface area contributed by atoms with Crippen molar-refractivity contribution in [3.8, 4) is 0 Å². The van der Waals surface area contributed by atoms with E-state index in [0.717, 1.165) is 24.2 Å². The topological polar surface area (TPSA) is 83.6 Å². The fraction of sp³-hybridized carbons (Fsp3) is 0.391. The minimum Gasteiger partial charge on any atom is -0.351 e. The van der Waals surface area contributed by atoms with Crippen molar-refractivity contribution in [2.24, 2.45) is 0 Å². The van der Waals surface area contributed by atoms with E-state index in [-0.39, 0.29) is 17.3 Å². The molecule has 1 aliphatic heterocycles. The highest BCUT2D eigenvalue weighted by Crippen LogP contribution is 2.41. The molecule has 164 valence electrons. The van der Waals surface area contributed by atoms with Crippen LogP contribution in [0.15, 0.2) is 53.4 Å². The Kier molecular flexibility index (Phi) is 6.08. The van der Waals surface area contributed by atoms with E-state index in [1.165, 1.54) is 24.3 Å². The number of benzene rings is 2. The second-order valence-corrected chi connectivity index (χ2v) is 10.9. The van der Waals surface area contributed by atoms with Crippen molar-refractivity contribution in [2.45, 2.75) is 54.7 Å². The molecular formula is C23H25ClN2O4S. The van der Waals surface area contributed by atoms with Gasteiger partial charge in [-0.2, -0.15) is 0 Å². The van der Waals surface area contributed by atoms with E-state index in [0.29, 0.717) is 37.1 Å². The minimum atomic E-state index is -3.86. The molecular weight excluding hydrogens is 436 g/mol. The maximum Gasteiger partial charge on any atom is 0.242 e. The molecule has 31 heavy (non-hydrogen) atoms. The predicted octanol–water partition coefficient (Wildman–Crippen LogP) is 3.87.